The second-order valence-electron chi connectivity index (χ2n) is 6.91. The maximum absolute atomic E-state index is 12.8. The summed E-state index contributed by atoms with van der Waals surface area (Å²) < 4.78 is 0. The topological polar surface area (TPSA) is 74.7 Å². The van der Waals surface area contributed by atoms with Crippen molar-refractivity contribution in [2.24, 2.45) is 0 Å². The zero-order valence-electron chi connectivity index (χ0n) is 16.0. The fourth-order valence-corrected chi connectivity index (χ4v) is 4.94. The van der Waals surface area contributed by atoms with Crippen molar-refractivity contribution in [1.29, 1.82) is 0 Å². The van der Waals surface area contributed by atoms with Gasteiger partial charge in [0.2, 0.25) is 0 Å². The summed E-state index contributed by atoms with van der Waals surface area (Å²) in [6, 6.07) is 24.7. The van der Waals surface area contributed by atoms with Crippen molar-refractivity contribution >= 4 is 29.5 Å². The molecule has 1 aliphatic heterocycles. The second-order valence-corrected chi connectivity index (χ2v) is 8.05. The fraction of sp³-hybridized carbons (Fsp3) is 0.125. The van der Waals surface area contributed by atoms with Gasteiger partial charge in [-0.1, -0.05) is 72.8 Å². The lowest BCUT2D eigenvalue weighted by Crippen LogP contribution is -2.46. The van der Waals surface area contributed by atoms with E-state index in [0.29, 0.717) is 0 Å². The molecule has 30 heavy (non-hydrogen) atoms. The SMILES string of the molecule is O=C(O)[C@H](CSC(c1ccccc1)c1ccccc1)N1C(=O)c2ccccc2C1=O. The Morgan fingerprint density at radius 1 is 0.767 bits per heavy atom. The Hall–Kier alpha value is -3.38. The van der Waals surface area contributed by atoms with E-state index in [1.165, 1.54) is 11.8 Å². The van der Waals surface area contributed by atoms with Gasteiger partial charge >= 0.3 is 5.97 Å². The third kappa shape index (κ3) is 3.74. The lowest BCUT2D eigenvalue weighted by Gasteiger charge is -2.25. The first kappa shape index (κ1) is 19.9. The van der Waals surface area contributed by atoms with Crippen molar-refractivity contribution in [2.45, 2.75) is 11.3 Å². The number of hydrogen-bond acceptors (Lipinski definition) is 4. The standard InChI is InChI=1S/C24H19NO4S/c26-22-18-13-7-8-14-19(18)23(27)25(22)20(24(28)29)15-30-21(16-9-3-1-4-10-16)17-11-5-2-6-12-17/h1-14,20-21H,15H2,(H,28,29)/t20-/m0/s1. The largest absolute Gasteiger partial charge is 0.480 e. The molecule has 1 atom stereocenters. The summed E-state index contributed by atoms with van der Waals surface area (Å²) in [6.45, 7) is 0. The van der Waals surface area contributed by atoms with Gasteiger partial charge in [-0.15, -0.1) is 11.8 Å². The number of benzene rings is 3. The molecule has 0 unspecified atom stereocenters. The number of carbonyl (C=O) groups excluding carboxylic acids is 2. The molecule has 0 saturated carbocycles. The van der Waals surface area contributed by atoms with E-state index in [0.717, 1.165) is 16.0 Å². The quantitative estimate of drug-likeness (QED) is 0.582. The Labute approximate surface area is 178 Å². The Balaban J connectivity index is 1.61. The highest BCUT2D eigenvalue weighted by Crippen LogP contribution is 2.37. The van der Waals surface area contributed by atoms with Gasteiger partial charge in [-0.3, -0.25) is 14.5 Å². The van der Waals surface area contributed by atoms with E-state index >= 15 is 0 Å². The van der Waals surface area contributed by atoms with Gasteiger partial charge in [0.1, 0.15) is 6.04 Å². The molecule has 4 rings (SSSR count). The molecule has 2 amide bonds. The summed E-state index contributed by atoms with van der Waals surface area (Å²) in [5, 5.41) is 9.72. The Morgan fingerprint density at radius 2 is 1.20 bits per heavy atom. The number of fused-ring (bicyclic) bond motifs is 1. The molecule has 1 aliphatic rings. The molecular weight excluding hydrogens is 398 g/mol. The van der Waals surface area contributed by atoms with E-state index in [9.17, 15) is 19.5 Å². The predicted octanol–water partition coefficient (Wildman–Crippen LogP) is 4.26. The number of thioether (sulfide) groups is 1. The smallest absolute Gasteiger partial charge is 0.327 e. The molecule has 0 aromatic heterocycles. The van der Waals surface area contributed by atoms with Crippen LogP contribution >= 0.6 is 11.8 Å². The number of nitrogens with zero attached hydrogens (tertiary/aromatic N) is 1. The van der Waals surface area contributed by atoms with Crippen LogP contribution in [0.4, 0.5) is 0 Å². The summed E-state index contributed by atoms with van der Waals surface area (Å²) in [5.41, 5.74) is 2.56. The van der Waals surface area contributed by atoms with E-state index in [1.54, 1.807) is 24.3 Å². The summed E-state index contributed by atoms with van der Waals surface area (Å²) in [7, 11) is 0. The number of rotatable bonds is 7. The van der Waals surface area contributed by atoms with E-state index in [2.05, 4.69) is 0 Å². The average molecular weight is 417 g/mol. The molecule has 0 saturated heterocycles. The van der Waals surface area contributed by atoms with Crippen LogP contribution in [0.2, 0.25) is 0 Å². The zero-order chi connectivity index (χ0) is 21.1. The average Bonchev–Trinajstić information content (AvgIpc) is 3.03. The van der Waals surface area contributed by atoms with E-state index in [4.69, 9.17) is 0 Å². The van der Waals surface area contributed by atoms with Crippen LogP contribution in [-0.4, -0.2) is 39.6 Å². The fourth-order valence-electron chi connectivity index (χ4n) is 3.58. The van der Waals surface area contributed by atoms with Gasteiger partial charge in [-0.25, -0.2) is 4.79 Å². The van der Waals surface area contributed by atoms with Gasteiger partial charge in [-0.05, 0) is 23.3 Å². The number of carboxylic acids is 1. The summed E-state index contributed by atoms with van der Waals surface area (Å²) in [4.78, 5) is 38.5. The highest BCUT2D eigenvalue weighted by atomic mass is 32.2. The Bertz CT molecular complexity index is 1010. The third-order valence-corrected chi connectivity index (χ3v) is 6.43. The maximum atomic E-state index is 12.8. The number of amides is 2. The van der Waals surface area contributed by atoms with Crippen LogP contribution in [0.15, 0.2) is 84.9 Å². The molecule has 3 aromatic rings. The zero-order valence-corrected chi connectivity index (χ0v) is 16.8. The first-order valence-electron chi connectivity index (χ1n) is 9.49. The summed E-state index contributed by atoms with van der Waals surface area (Å²) in [5.74, 6) is -2.23. The van der Waals surface area contributed by atoms with E-state index in [-0.39, 0.29) is 22.1 Å². The molecular formula is C24H19NO4S. The van der Waals surface area contributed by atoms with Crippen molar-refractivity contribution in [3.8, 4) is 0 Å². The molecule has 5 nitrogen and oxygen atoms in total. The summed E-state index contributed by atoms with van der Waals surface area (Å²) >= 11 is 1.41. The van der Waals surface area contributed by atoms with Crippen LogP contribution in [0.25, 0.3) is 0 Å². The lowest BCUT2D eigenvalue weighted by atomic mass is 10.0. The lowest BCUT2D eigenvalue weighted by molar-refractivity contribution is -0.140. The van der Waals surface area contributed by atoms with Crippen LogP contribution in [0, 0.1) is 0 Å². The van der Waals surface area contributed by atoms with E-state index in [1.807, 2.05) is 60.7 Å². The van der Waals surface area contributed by atoms with Gasteiger partial charge in [0.05, 0.1) is 16.4 Å². The Kier molecular flexibility index (Phi) is 5.68. The number of hydrogen-bond donors (Lipinski definition) is 1. The minimum Gasteiger partial charge on any atom is -0.480 e. The van der Waals surface area contributed by atoms with Gasteiger partial charge in [-0.2, -0.15) is 0 Å². The highest BCUT2D eigenvalue weighted by molar-refractivity contribution is 7.99. The highest BCUT2D eigenvalue weighted by Gasteiger charge is 2.43. The molecule has 3 aromatic carbocycles. The van der Waals surface area contributed by atoms with Gasteiger partial charge in [0.25, 0.3) is 11.8 Å². The first-order valence-corrected chi connectivity index (χ1v) is 10.5. The third-order valence-electron chi connectivity index (χ3n) is 5.05. The molecule has 0 radical (unpaired) electrons. The Morgan fingerprint density at radius 3 is 1.63 bits per heavy atom. The molecule has 150 valence electrons. The van der Waals surface area contributed by atoms with Crippen molar-refractivity contribution < 1.29 is 19.5 Å². The molecule has 6 heteroatoms. The number of aliphatic carboxylic acids is 1. The van der Waals surface area contributed by atoms with Crippen LogP contribution in [0.5, 0.6) is 0 Å². The molecule has 1 heterocycles. The van der Waals surface area contributed by atoms with Crippen molar-refractivity contribution in [3.05, 3.63) is 107 Å². The van der Waals surface area contributed by atoms with E-state index < -0.39 is 23.8 Å². The van der Waals surface area contributed by atoms with Crippen molar-refractivity contribution in [1.82, 2.24) is 4.90 Å². The maximum Gasteiger partial charge on any atom is 0.327 e. The first-order chi connectivity index (χ1) is 14.6. The molecule has 0 fully saturated rings. The van der Waals surface area contributed by atoms with Crippen LogP contribution in [0.1, 0.15) is 37.1 Å². The molecule has 0 aliphatic carbocycles. The van der Waals surface area contributed by atoms with Crippen LogP contribution < -0.4 is 0 Å². The van der Waals surface area contributed by atoms with Crippen molar-refractivity contribution in [3.63, 3.8) is 0 Å². The summed E-state index contributed by atoms with van der Waals surface area (Å²) in [6.07, 6.45) is 0. The second kappa shape index (κ2) is 8.55. The predicted molar refractivity (Wildman–Crippen MR) is 116 cm³/mol. The minimum atomic E-state index is -1.25. The van der Waals surface area contributed by atoms with Crippen LogP contribution in [-0.2, 0) is 4.79 Å². The molecule has 0 spiro atoms. The van der Waals surface area contributed by atoms with Gasteiger partial charge in [0.15, 0.2) is 0 Å². The number of carbonyl (C=O) groups is 3. The van der Waals surface area contributed by atoms with Gasteiger partial charge in [0, 0.05) is 5.75 Å². The minimum absolute atomic E-state index is 0.0786. The van der Waals surface area contributed by atoms with Gasteiger partial charge < -0.3 is 5.11 Å². The van der Waals surface area contributed by atoms with Crippen molar-refractivity contribution in [2.75, 3.05) is 5.75 Å². The molecule has 0 bridgehead atoms. The monoisotopic (exact) mass is 417 g/mol. The molecule has 1 N–H and O–H groups in total. The normalized spacial score (nSPS) is 14.1. The number of imide groups is 1. The van der Waals surface area contributed by atoms with Crippen LogP contribution in [0.3, 0.4) is 0 Å². The number of carboxylic acid groups (broad SMARTS) is 1.